The number of amides is 1. The summed E-state index contributed by atoms with van der Waals surface area (Å²) in [7, 11) is 0. The first-order valence-corrected chi connectivity index (χ1v) is 9.41. The maximum atomic E-state index is 14.3. The number of nitrogens with zero attached hydrogens (tertiary/aromatic N) is 2. The van der Waals surface area contributed by atoms with E-state index in [4.69, 9.17) is 26.3 Å². The highest BCUT2D eigenvalue weighted by Gasteiger charge is 2.33. The largest absolute Gasteiger partial charge is 0.493 e. The number of Topliss-reactive ketones (excluding diaryl/α,β-unsaturated/α-hetero) is 1. The third-order valence-corrected chi connectivity index (χ3v) is 5.26. The van der Waals surface area contributed by atoms with Gasteiger partial charge in [0.05, 0.1) is 22.8 Å². The smallest absolute Gasteiger partial charge is 0.256 e. The summed E-state index contributed by atoms with van der Waals surface area (Å²) in [6.45, 7) is 1.18. The van der Waals surface area contributed by atoms with Crippen molar-refractivity contribution < 1.29 is 23.5 Å². The molecule has 1 amide bonds. The molecule has 4 rings (SSSR count). The van der Waals surface area contributed by atoms with Gasteiger partial charge in [-0.3, -0.25) is 9.59 Å². The van der Waals surface area contributed by atoms with Crippen LogP contribution in [0.4, 0.5) is 4.39 Å². The molecule has 2 aromatic rings. The first-order chi connectivity index (χ1) is 13.9. The van der Waals surface area contributed by atoms with E-state index in [0.29, 0.717) is 47.3 Å². The molecule has 1 saturated heterocycles. The Morgan fingerprint density at radius 1 is 1.34 bits per heavy atom. The third kappa shape index (κ3) is 3.89. The summed E-state index contributed by atoms with van der Waals surface area (Å²) in [4.78, 5) is 25.7. The normalized spacial score (nSPS) is 15.8. The molecule has 1 fully saturated rings. The number of halogens is 2. The Labute approximate surface area is 171 Å². The number of fused-ring (bicyclic) bond motifs is 1. The second kappa shape index (κ2) is 7.72. The van der Waals surface area contributed by atoms with Crippen LogP contribution in [0.2, 0.25) is 5.02 Å². The van der Waals surface area contributed by atoms with Crippen molar-refractivity contribution in [3.63, 3.8) is 0 Å². The molecular formula is C21H16ClFN2O4. The average molecular weight is 415 g/mol. The van der Waals surface area contributed by atoms with Crippen LogP contribution in [0, 0.1) is 23.1 Å². The summed E-state index contributed by atoms with van der Waals surface area (Å²) in [5.74, 6) is -0.208. The van der Waals surface area contributed by atoms with Crippen molar-refractivity contribution in [2.75, 3.05) is 26.3 Å². The fourth-order valence-electron chi connectivity index (χ4n) is 3.36. The zero-order valence-electron chi connectivity index (χ0n) is 15.3. The number of nitriles is 1. The van der Waals surface area contributed by atoms with Gasteiger partial charge in [0.25, 0.3) is 5.91 Å². The molecule has 2 aliphatic heterocycles. The molecule has 0 saturated carbocycles. The Hall–Kier alpha value is -3.11. The molecule has 2 aromatic carbocycles. The first kappa shape index (κ1) is 19.2. The number of hydrogen-bond acceptors (Lipinski definition) is 5. The molecule has 0 unspecified atom stereocenters. The molecule has 0 atom stereocenters. The molecule has 148 valence electrons. The predicted octanol–water partition coefficient (Wildman–Crippen LogP) is 3.01. The topological polar surface area (TPSA) is 79.6 Å². The van der Waals surface area contributed by atoms with Gasteiger partial charge in [-0.1, -0.05) is 11.6 Å². The Morgan fingerprint density at radius 3 is 2.86 bits per heavy atom. The molecule has 0 aliphatic carbocycles. The van der Waals surface area contributed by atoms with Crippen molar-refractivity contribution in [1.29, 1.82) is 5.26 Å². The van der Waals surface area contributed by atoms with Crippen molar-refractivity contribution in [2.45, 2.75) is 6.42 Å². The lowest BCUT2D eigenvalue weighted by Gasteiger charge is -2.39. The molecule has 2 aliphatic rings. The van der Waals surface area contributed by atoms with Crippen LogP contribution in [0.1, 0.15) is 21.5 Å². The SMILES string of the molecule is N#Cc1ccc(OCC2CN(C(=O)c3cc4c(cc3F)OCC(=O)C4)C2)cc1Cl. The van der Waals surface area contributed by atoms with E-state index < -0.39 is 11.7 Å². The number of benzene rings is 2. The van der Waals surface area contributed by atoms with Crippen molar-refractivity contribution in [3.8, 4) is 17.6 Å². The predicted molar refractivity (Wildman–Crippen MR) is 102 cm³/mol. The molecule has 0 aromatic heterocycles. The van der Waals surface area contributed by atoms with Gasteiger partial charge in [-0.15, -0.1) is 0 Å². The van der Waals surface area contributed by atoms with Gasteiger partial charge in [0.15, 0.2) is 5.78 Å². The number of rotatable bonds is 4. The fourth-order valence-corrected chi connectivity index (χ4v) is 3.57. The van der Waals surface area contributed by atoms with Gasteiger partial charge in [-0.25, -0.2) is 4.39 Å². The lowest BCUT2D eigenvalue weighted by molar-refractivity contribution is -0.121. The summed E-state index contributed by atoms with van der Waals surface area (Å²) in [5.41, 5.74) is 0.850. The van der Waals surface area contributed by atoms with Gasteiger partial charge in [0.2, 0.25) is 0 Å². The summed E-state index contributed by atoms with van der Waals surface area (Å²) in [6.07, 6.45) is 0.138. The maximum Gasteiger partial charge on any atom is 0.256 e. The minimum atomic E-state index is -0.657. The van der Waals surface area contributed by atoms with Gasteiger partial charge in [-0.2, -0.15) is 5.26 Å². The summed E-state index contributed by atoms with van der Waals surface area (Å²) >= 11 is 5.98. The third-order valence-electron chi connectivity index (χ3n) is 4.95. The van der Waals surface area contributed by atoms with E-state index in [1.54, 1.807) is 18.2 Å². The fraction of sp³-hybridized carbons (Fsp3) is 0.286. The number of ether oxygens (including phenoxy) is 2. The maximum absolute atomic E-state index is 14.3. The van der Waals surface area contributed by atoms with Crippen molar-refractivity contribution in [3.05, 3.63) is 57.9 Å². The van der Waals surface area contributed by atoms with Crippen molar-refractivity contribution in [2.24, 2.45) is 5.92 Å². The summed E-state index contributed by atoms with van der Waals surface area (Å²) < 4.78 is 25.2. The molecule has 0 N–H and O–H groups in total. The molecule has 29 heavy (non-hydrogen) atoms. The van der Waals surface area contributed by atoms with E-state index in [9.17, 15) is 14.0 Å². The lowest BCUT2D eigenvalue weighted by Crippen LogP contribution is -2.52. The van der Waals surface area contributed by atoms with E-state index >= 15 is 0 Å². The van der Waals surface area contributed by atoms with E-state index in [0.717, 1.165) is 0 Å². The van der Waals surface area contributed by atoms with Crippen LogP contribution in [0.3, 0.4) is 0 Å². The van der Waals surface area contributed by atoms with Crippen LogP contribution in [0.15, 0.2) is 30.3 Å². The zero-order chi connectivity index (χ0) is 20.5. The second-order valence-corrected chi connectivity index (χ2v) is 7.49. The molecule has 0 radical (unpaired) electrons. The van der Waals surface area contributed by atoms with Crippen LogP contribution < -0.4 is 9.47 Å². The van der Waals surface area contributed by atoms with Gasteiger partial charge in [0, 0.05) is 43.1 Å². The Kier molecular flexibility index (Phi) is 5.12. The van der Waals surface area contributed by atoms with Gasteiger partial charge in [0.1, 0.15) is 30.0 Å². The van der Waals surface area contributed by atoms with Crippen LogP contribution in [0.25, 0.3) is 0 Å². The summed E-state index contributed by atoms with van der Waals surface area (Å²) in [5, 5.41) is 9.20. The number of likely N-dealkylation sites (tertiary alicyclic amines) is 1. The highest BCUT2D eigenvalue weighted by molar-refractivity contribution is 6.31. The molecule has 2 heterocycles. The van der Waals surface area contributed by atoms with E-state index in [-0.39, 0.29) is 30.3 Å². The van der Waals surface area contributed by atoms with Gasteiger partial charge in [-0.05, 0) is 18.2 Å². The Morgan fingerprint density at radius 2 is 2.14 bits per heavy atom. The Bertz CT molecular complexity index is 1040. The standard InChI is InChI=1S/C21H16ClFN2O4/c22-18-5-16(2-1-13(18)7-24)28-10-12-8-25(9-12)21(27)17-4-14-3-15(26)11-29-20(14)6-19(17)23/h1-2,4-6,12H,3,8-11H2. The number of carbonyl (C=O) groups is 2. The summed E-state index contributed by atoms with van der Waals surface area (Å²) in [6, 6.07) is 9.39. The number of carbonyl (C=O) groups excluding carboxylic acids is 2. The van der Waals surface area contributed by atoms with Crippen LogP contribution in [-0.4, -0.2) is 42.9 Å². The van der Waals surface area contributed by atoms with Crippen LogP contribution in [0.5, 0.6) is 11.5 Å². The van der Waals surface area contributed by atoms with Crippen molar-refractivity contribution >= 4 is 23.3 Å². The van der Waals surface area contributed by atoms with Gasteiger partial charge < -0.3 is 14.4 Å². The van der Waals surface area contributed by atoms with Gasteiger partial charge >= 0.3 is 0 Å². The van der Waals surface area contributed by atoms with E-state index in [1.165, 1.54) is 17.0 Å². The second-order valence-electron chi connectivity index (χ2n) is 7.08. The highest BCUT2D eigenvalue weighted by Crippen LogP contribution is 2.29. The number of hydrogen-bond donors (Lipinski definition) is 0. The molecule has 6 nitrogen and oxygen atoms in total. The minimum absolute atomic E-state index is 0.0553. The number of ketones is 1. The first-order valence-electron chi connectivity index (χ1n) is 9.03. The molecule has 0 spiro atoms. The minimum Gasteiger partial charge on any atom is -0.493 e. The Balaban J connectivity index is 1.35. The monoisotopic (exact) mass is 414 g/mol. The van der Waals surface area contributed by atoms with E-state index in [2.05, 4.69) is 0 Å². The van der Waals surface area contributed by atoms with Crippen LogP contribution in [-0.2, 0) is 11.2 Å². The molecule has 8 heteroatoms. The zero-order valence-corrected chi connectivity index (χ0v) is 16.0. The van der Waals surface area contributed by atoms with Crippen molar-refractivity contribution in [1.82, 2.24) is 4.90 Å². The highest BCUT2D eigenvalue weighted by atomic mass is 35.5. The molecule has 0 bridgehead atoms. The molecular weight excluding hydrogens is 399 g/mol. The van der Waals surface area contributed by atoms with E-state index in [1.807, 2.05) is 6.07 Å². The quantitative estimate of drug-likeness (QED) is 0.768. The lowest BCUT2D eigenvalue weighted by atomic mass is 9.97. The average Bonchev–Trinajstić information content (AvgIpc) is 2.66. The van der Waals surface area contributed by atoms with Crippen LogP contribution >= 0.6 is 11.6 Å².